The van der Waals surface area contributed by atoms with Crippen LogP contribution in [0, 0.1) is 5.82 Å². The van der Waals surface area contributed by atoms with Crippen LogP contribution in [0.4, 0.5) is 21.8 Å². The van der Waals surface area contributed by atoms with E-state index in [1.54, 1.807) is 24.7 Å². The van der Waals surface area contributed by atoms with Crippen LogP contribution in [0.15, 0.2) is 48.9 Å². The largest absolute Gasteiger partial charge is 0.354 e. The number of nitrogens with zero attached hydrogens (tertiary/aromatic N) is 5. The van der Waals surface area contributed by atoms with Gasteiger partial charge in [-0.05, 0) is 49.9 Å². The molecule has 8 bridgehead atoms. The molecular formula is C28H33FN8O. The van der Waals surface area contributed by atoms with E-state index in [1.807, 2.05) is 24.3 Å². The lowest BCUT2D eigenvalue weighted by atomic mass is 10.0. The first-order valence-corrected chi connectivity index (χ1v) is 13.4. The minimum atomic E-state index is -0.382. The van der Waals surface area contributed by atoms with Gasteiger partial charge in [-0.15, -0.1) is 0 Å². The van der Waals surface area contributed by atoms with Crippen molar-refractivity contribution in [3.05, 3.63) is 60.3 Å². The highest BCUT2D eigenvalue weighted by molar-refractivity contribution is 5.89. The smallest absolute Gasteiger partial charge is 0.240 e. The molecular weight excluding hydrogens is 483 g/mol. The van der Waals surface area contributed by atoms with Gasteiger partial charge in [0, 0.05) is 75.0 Å². The highest BCUT2D eigenvalue weighted by Gasteiger charge is 2.54. The maximum absolute atomic E-state index is 15.7. The van der Waals surface area contributed by atoms with Crippen molar-refractivity contribution in [3.8, 4) is 11.1 Å². The SMILES string of the molecule is CC1c2cccc(c2F)Nc2cc(ccn2)-c2cnc(nc2)NCCCNC(=O)C2(CC2)N2CCN1CC2. The Labute approximate surface area is 221 Å². The summed E-state index contributed by atoms with van der Waals surface area (Å²) in [5.41, 5.74) is 2.37. The fourth-order valence-corrected chi connectivity index (χ4v) is 5.55. The third kappa shape index (κ3) is 4.81. The van der Waals surface area contributed by atoms with Crippen molar-refractivity contribution >= 4 is 23.4 Å². The molecule has 1 unspecified atom stereocenters. The first-order chi connectivity index (χ1) is 18.5. The maximum atomic E-state index is 15.7. The summed E-state index contributed by atoms with van der Waals surface area (Å²) in [4.78, 5) is 31.0. The van der Waals surface area contributed by atoms with Gasteiger partial charge in [0.25, 0.3) is 0 Å². The third-order valence-corrected chi connectivity index (χ3v) is 8.02. The molecule has 1 amide bonds. The quantitative estimate of drug-likeness (QED) is 0.417. The highest BCUT2D eigenvalue weighted by Crippen LogP contribution is 2.43. The molecule has 2 aromatic heterocycles. The predicted molar refractivity (Wildman–Crippen MR) is 145 cm³/mol. The van der Waals surface area contributed by atoms with E-state index in [2.05, 4.69) is 47.6 Å². The van der Waals surface area contributed by atoms with Gasteiger partial charge in [-0.3, -0.25) is 14.6 Å². The molecule has 1 spiro atoms. The summed E-state index contributed by atoms with van der Waals surface area (Å²) in [5, 5.41) is 9.53. The van der Waals surface area contributed by atoms with Crippen molar-refractivity contribution in [1.82, 2.24) is 30.1 Å². The Morgan fingerprint density at radius 2 is 1.74 bits per heavy atom. The minimum Gasteiger partial charge on any atom is -0.354 e. The lowest BCUT2D eigenvalue weighted by Gasteiger charge is -2.41. The number of benzene rings is 1. The molecule has 10 heteroatoms. The molecule has 3 aromatic rings. The fraction of sp³-hybridized carbons (Fsp3) is 0.429. The highest BCUT2D eigenvalue weighted by atomic mass is 19.1. The molecule has 1 atom stereocenters. The van der Waals surface area contributed by atoms with Crippen molar-refractivity contribution in [3.63, 3.8) is 0 Å². The topological polar surface area (TPSA) is 98.3 Å². The summed E-state index contributed by atoms with van der Waals surface area (Å²) in [6, 6.07) is 9.12. The van der Waals surface area contributed by atoms with E-state index in [0.717, 1.165) is 56.6 Å². The summed E-state index contributed by atoms with van der Waals surface area (Å²) in [7, 11) is 0. The monoisotopic (exact) mass is 516 g/mol. The zero-order valence-electron chi connectivity index (χ0n) is 21.6. The second-order valence-electron chi connectivity index (χ2n) is 10.3. The van der Waals surface area contributed by atoms with Crippen LogP contribution in [0.2, 0.25) is 0 Å². The normalized spacial score (nSPS) is 24.8. The second kappa shape index (κ2) is 10.3. The average molecular weight is 517 g/mol. The zero-order valence-corrected chi connectivity index (χ0v) is 21.6. The lowest BCUT2D eigenvalue weighted by molar-refractivity contribution is -0.129. The molecule has 1 aromatic carbocycles. The van der Waals surface area contributed by atoms with Crippen LogP contribution in [-0.4, -0.2) is 75.5 Å². The lowest BCUT2D eigenvalue weighted by Crippen LogP contribution is -2.57. The van der Waals surface area contributed by atoms with Gasteiger partial charge in [-0.2, -0.15) is 0 Å². The molecule has 198 valence electrons. The van der Waals surface area contributed by atoms with E-state index in [9.17, 15) is 4.79 Å². The second-order valence-corrected chi connectivity index (χ2v) is 10.3. The van der Waals surface area contributed by atoms with Gasteiger partial charge in [0.1, 0.15) is 11.4 Å². The number of anilines is 3. The van der Waals surface area contributed by atoms with Crippen molar-refractivity contribution < 1.29 is 9.18 Å². The van der Waals surface area contributed by atoms with E-state index >= 15 is 4.39 Å². The molecule has 2 fully saturated rings. The number of carbonyl (C=O) groups is 1. The Kier molecular flexibility index (Phi) is 6.67. The number of pyridine rings is 1. The number of rotatable bonds is 0. The Morgan fingerprint density at radius 3 is 2.50 bits per heavy atom. The molecule has 7 heterocycles. The standard InChI is InChI=1S/C28H33FN8O/c1-19-22-4-2-5-23(25(22)29)35-24-16-20(6-11-30-24)21-17-33-27(34-18-21)32-10-3-9-31-26(38)28(7-8-28)37-14-12-36(19)13-15-37/h2,4-6,11,16-19H,3,7-10,12-15H2,1H3,(H,30,35)(H,31,38)(H,32,33,34). The van der Waals surface area contributed by atoms with Crippen LogP contribution in [0.3, 0.4) is 0 Å². The van der Waals surface area contributed by atoms with Gasteiger partial charge in [0.2, 0.25) is 11.9 Å². The van der Waals surface area contributed by atoms with E-state index in [0.29, 0.717) is 36.1 Å². The maximum Gasteiger partial charge on any atom is 0.240 e. The van der Waals surface area contributed by atoms with Gasteiger partial charge in [0.15, 0.2) is 5.82 Å². The van der Waals surface area contributed by atoms with Gasteiger partial charge >= 0.3 is 0 Å². The molecule has 1 saturated carbocycles. The number of nitrogens with one attached hydrogen (secondary N) is 3. The summed E-state index contributed by atoms with van der Waals surface area (Å²) in [6.45, 7) is 6.48. The number of amides is 1. The van der Waals surface area contributed by atoms with Crippen LogP contribution >= 0.6 is 0 Å². The van der Waals surface area contributed by atoms with Crippen LogP contribution in [0.1, 0.15) is 37.8 Å². The molecule has 0 radical (unpaired) electrons. The van der Waals surface area contributed by atoms with Gasteiger partial charge in [0.05, 0.1) is 5.69 Å². The summed E-state index contributed by atoms with van der Waals surface area (Å²) >= 11 is 0. The molecule has 9 rings (SSSR count). The molecule has 1 saturated heterocycles. The summed E-state index contributed by atoms with van der Waals surface area (Å²) in [5.74, 6) is 0.936. The Morgan fingerprint density at radius 1 is 0.974 bits per heavy atom. The number of aromatic nitrogens is 3. The number of piperazine rings is 1. The Bertz CT molecular complexity index is 1300. The first-order valence-electron chi connectivity index (χ1n) is 13.4. The molecule has 6 aliphatic rings. The summed E-state index contributed by atoms with van der Waals surface area (Å²) < 4.78 is 15.7. The van der Waals surface area contributed by atoms with Crippen LogP contribution in [0.25, 0.3) is 11.1 Å². The fourth-order valence-electron chi connectivity index (χ4n) is 5.55. The predicted octanol–water partition coefficient (Wildman–Crippen LogP) is 3.56. The van der Waals surface area contributed by atoms with E-state index in [4.69, 9.17) is 0 Å². The van der Waals surface area contributed by atoms with Crippen molar-refractivity contribution in [1.29, 1.82) is 0 Å². The van der Waals surface area contributed by atoms with E-state index in [-0.39, 0.29) is 23.3 Å². The minimum absolute atomic E-state index is 0.0908. The molecule has 3 N–H and O–H groups in total. The van der Waals surface area contributed by atoms with Gasteiger partial charge in [-0.1, -0.05) is 12.1 Å². The number of halogens is 1. The Balaban J connectivity index is 1.29. The molecule has 1 aliphatic carbocycles. The van der Waals surface area contributed by atoms with Gasteiger partial charge in [-0.25, -0.2) is 19.3 Å². The van der Waals surface area contributed by atoms with Crippen molar-refractivity contribution in [2.75, 3.05) is 49.9 Å². The van der Waals surface area contributed by atoms with E-state index < -0.39 is 0 Å². The van der Waals surface area contributed by atoms with Crippen molar-refractivity contribution in [2.24, 2.45) is 0 Å². The molecule has 5 aliphatic heterocycles. The van der Waals surface area contributed by atoms with Crippen LogP contribution < -0.4 is 16.0 Å². The zero-order chi connectivity index (χ0) is 26.1. The third-order valence-electron chi connectivity index (χ3n) is 8.02. The van der Waals surface area contributed by atoms with E-state index in [1.165, 1.54) is 0 Å². The number of hydrogen-bond acceptors (Lipinski definition) is 8. The van der Waals surface area contributed by atoms with Crippen molar-refractivity contribution in [2.45, 2.75) is 37.8 Å². The van der Waals surface area contributed by atoms with Crippen LogP contribution in [0.5, 0.6) is 0 Å². The number of carbonyl (C=O) groups excluding carboxylic acids is 1. The number of hydrogen-bond donors (Lipinski definition) is 3. The Hall–Kier alpha value is -3.63. The summed E-state index contributed by atoms with van der Waals surface area (Å²) in [6.07, 6.45) is 7.76. The first kappa shape index (κ1) is 24.7. The molecule has 9 nitrogen and oxygen atoms in total. The van der Waals surface area contributed by atoms with Crippen LogP contribution in [-0.2, 0) is 4.79 Å². The molecule has 38 heavy (non-hydrogen) atoms. The van der Waals surface area contributed by atoms with Gasteiger partial charge < -0.3 is 16.0 Å². The average Bonchev–Trinajstić information content (AvgIpc) is 3.76.